The van der Waals surface area contributed by atoms with Gasteiger partial charge in [-0.15, -0.1) is 0 Å². The predicted molar refractivity (Wildman–Crippen MR) is 52.1 cm³/mol. The summed E-state index contributed by atoms with van der Waals surface area (Å²) in [6.45, 7) is 8.16. The molecule has 1 heteroatoms. The van der Waals surface area contributed by atoms with E-state index in [1.54, 1.807) is 5.57 Å². The maximum Gasteiger partial charge on any atom is 0.0161 e. The Hall–Kier alpha value is -0.300. The summed E-state index contributed by atoms with van der Waals surface area (Å²) >= 11 is 0. The van der Waals surface area contributed by atoms with Crippen LogP contribution in [0.3, 0.4) is 0 Å². The van der Waals surface area contributed by atoms with Gasteiger partial charge >= 0.3 is 0 Å². The van der Waals surface area contributed by atoms with E-state index in [2.05, 4.69) is 38.8 Å². The SMILES string of the molecule is C/C=C(\C)[C@@]12CC1CN(C)[C@H]2C. The lowest BCUT2D eigenvalue weighted by molar-refractivity contribution is 0.257. The van der Waals surface area contributed by atoms with Crippen LogP contribution in [-0.2, 0) is 0 Å². The fourth-order valence-electron chi connectivity index (χ4n) is 3.07. The van der Waals surface area contributed by atoms with E-state index < -0.39 is 0 Å². The van der Waals surface area contributed by atoms with Gasteiger partial charge in [0, 0.05) is 18.0 Å². The molecule has 1 saturated carbocycles. The van der Waals surface area contributed by atoms with Crippen molar-refractivity contribution >= 4 is 0 Å². The predicted octanol–water partition coefficient (Wildman–Crippen LogP) is 2.29. The monoisotopic (exact) mass is 165 g/mol. The Morgan fingerprint density at radius 2 is 2.25 bits per heavy atom. The van der Waals surface area contributed by atoms with Gasteiger partial charge in [0.25, 0.3) is 0 Å². The third kappa shape index (κ3) is 0.779. The first-order chi connectivity index (χ1) is 5.63. The minimum Gasteiger partial charge on any atom is -0.302 e. The van der Waals surface area contributed by atoms with Gasteiger partial charge in [-0.25, -0.2) is 0 Å². The Kier molecular flexibility index (Phi) is 1.63. The van der Waals surface area contributed by atoms with Gasteiger partial charge in [-0.1, -0.05) is 11.6 Å². The summed E-state index contributed by atoms with van der Waals surface area (Å²) < 4.78 is 0. The van der Waals surface area contributed by atoms with Crippen LogP contribution in [0.2, 0.25) is 0 Å². The number of rotatable bonds is 1. The Balaban J connectivity index is 2.25. The van der Waals surface area contributed by atoms with Gasteiger partial charge in [0.15, 0.2) is 0 Å². The number of piperidine rings is 1. The van der Waals surface area contributed by atoms with Crippen molar-refractivity contribution in [2.45, 2.75) is 33.2 Å². The molecular formula is C11H19N. The molecule has 0 bridgehead atoms. The lowest BCUT2D eigenvalue weighted by Gasteiger charge is -2.26. The summed E-state index contributed by atoms with van der Waals surface area (Å²) in [6, 6.07) is 0.763. The Bertz CT molecular complexity index is 231. The van der Waals surface area contributed by atoms with Crippen molar-refractivity contribution in [2.75, 3.05) is 13.6 Å². The Labute approximate surface area is 75.4 Å². The van der Waals surface area contributed by atoms with E-state index in [-0.39, 0.29) is 0 Å². The summed E-state index contributed by atoms with van der Waals surface area (Å²) in [5.74, 6) is 0.966. The molecule has 0 N–H and O–H groups in total. The van der Waals surface area contributed by atoms with E-state index in [9.17, 15) is 0 Å². The highest BCUT2D eigenvalue weighted by molar-refractivity contribution is 5.30. The first-order valence-corrected chi connectivity index (χ1v) is 4.96. The Morgan fingerprint density at radius 3 is 2.67 bits per heavy atom. The van der Waals surface area contributed by atoms with Crippen molar-refractivity contribution < 1.29 is 0 Å². The molecule has 1 saturated heterocycles. The third-order valence-corrected chi connectivity index (χ3v) is 4.23. The molecule has 2 rings (SSSR count). The van der Waals surface area contributed by atoms with E-state index in [0.717, 1.165) is 12.0 Å². The molecule has 3 atom stereocenters. The fourth-order valence-corrected chi connectivity index (χ4v) is 3.07. The number of fused-ring (bicyclic) bond motifs is 1. The highest BCUT2D eigenvalue weighted by atomic mass is 15.2. The lowest BCUT2D eigenvalue weighted by Crippen LogP contribution is -2.31. The largest absolute Gasteiger partial charge is 0.302 e. The molecule has 2 fully saturated rings. The van der Waals surface area contributed by atoms with Gasteiger partial charge in [0.2, 0.25) is 0 Å². The topological polar surface area (TPSA) is 3.24 Å². The van der Waals surface area contributed by atoms with E-state index in [0.29, 0.717) is 5.41 Å². The second-order valence-electron chi connectivity index (χ2n) is 4.53. The molecule has 2 aliphatic rings. The van der Waals surface area contributed by atoms with Crippen LogP contribution in [-0.4, -0.2) is 24.5 Å². The number of likely N-dealkylation sites (tertiary alicyclic amines) is 1. The molecule has 0 radical (unpaired) electrons. The smallest absolute Gasteiger partial charge is 0.0161 e. The van der Waals surface area contributed by atoms with Crippen molar-refractivity contribution in [3.8, 4) is 0 Å². The number of hydrogen-bond donors (Lipinski definition) is 0. The summed E-state index contributed by atoms with van der Waals surface area (Å²) in [5.41, 5.74) is 2.20. The maximum atomic E-state index is 2.50. The van der Waals surface area contributed by atoms with E-state index in [4.69, 9.17) is 0 Å². The summed E-state index contributed by atoms with van der Waals surface area (Å²) in [4.78, 5) is 2.50. The highest BCUT2D eigenvalue weighted by Gasteiger charge is 2.63. The number of hydrogen-bond acceptors (Lipinski definition) is 1. The van der Waals surface area contributed by atoms with Gasteiger partial charge in [-0.3, -0.25) is 0 Å². The zero-order chi connectivity index (χ0) is 8.93. The zero-order valence-electron chi connectivity index (χ0n) is 8.59. The van der Waals surface area contributed by atoms with Crippen LogP contribution in [0.1, 0.15) is 27.2 Å². The second kappa shape index (κ2) is 2.35. The second-order valence-corrected chi connectivity index (χ2v) is 4.53. The van der Waals surface area contributed by atoms with Crippen LogP contribution in [0.25, 0.3) is 0 Å². The first kappa shape index (κ1) is 8.31. The van der Waals surface area contributed by atoms with Crippen LogP contribution in [0, 0.1) is 11.3 Å². The minimum atomic E-state index is 0.587. The van der Waals surface area contributed by atoms with Crippen LogP contribution in [0.5, 0.6) is 0 Å². The number of allylic oxidation sites excluding steroid dienone is 1. The molecule has 0 aromatic rings. The van der Waals surface area contributed by atoms with Crippen molar-refractivity contribution in [3.05, 3.63) is 11.6 Å². The maximum absolute atomic E-state index is 2.50. The summed E-state index contributed by atoms with van der Waals surface area (Å²) in [7, 11) is 2.25. The molecule has 0 aromatic carbocycles. The normalized spacial score (nSPS) is 47.8. The molecule has 12 heavy (non-hydrogen) atoms. The van der Waals surface area contributed by atoms with Crippen LogP contribution in [0.15, 0.2) is 11.6 Å². The minimum absolute atomic E-state index is 0.587. The summed E-state index contributed by atoms with van der Waals surface area (Å²) in [6.07, 6.45) is 3.74. The van der Waals surface area contributed by atoms with Crippen LogP contribution < -0.4 is 0 Å². The van der Waals surface area contributed by atoms with Gasteiger partial charge in [-0.2, -0.15) is 0 Å². The average molecular weight is 165 g/mol. The fraction of sp³-hybridized carbons (Fsp3) is 0.818. The van der Waals surface area contributed by atoms with Crippen molar-refractivity contribution in [2.24, 2.45) is 11.3 Å². The molecule has 0 aromatic heterocycles. The van der Waals surface area contributed by atoms with E-state index in [1.165, 1.54) is 13.0 Å². The van der Waals surface area contributed by atoms with Gasteiger partial charge in [0.05, 0.1) is 0 Å². The van der Waals surface area contributed by atoms with E-state index >= 15 is 0 Å². The van der Waals surface area contributed by atoms with Crippen molar-refractivity contribution in [1.82, 2.24) is 4.90 Å². The zero-order valence-corrected chi connectivity index (χ0v) is 8.59. The number of nitrogens with zero attached hydrogens (tertiary/aromatic N) is 1. The molecule has 1 aliphatic heterocycles. The van der Waals surface area contributed by atoms with Gasteiger partial charge in [0.1, 0.15) is 0 Å². The molecular weight excluding hydrogens is 146 g/mol. The molecule has 68 valence electrons. The van der Waals surface area contributed by atoms with Crippen LogP contribution >= 0.6 is 0 Å². The standard InChI is InChI=1S/C11H19N/c1-5-8(2)11-6-10(11)7-12(4)9(11)3/h5,9-10H,6-7H2,1-4H3/b8-5+/t9-,10?,11+/m0/s1. The Morgan fingerprint density at radius 1 is 1.58 bits per heavy atom. The molecule has 1 aliphatic carbocycles. The quantitative estimate of drug-likeness (QED) is 0.539. The molecule has 1 heterocycles. The van der Waals surface area contributed by atoms with E-state index in [1.807, 2.05) is 0 Å². The molecule has 1 unspecified atom stereocenters. The average Bonchev–Trinajstić information content (AvgIpc) is 2.72. The highest BCUT2D eigenvalue weighted by Crippen LogP contribution is 2.65. The van der Waals surface area contributed by atoms with Crippen molar-refractivity contribution in [3.63, 3.8) is 0 Å². The van der Waals surface area contributed by atoms with Gasteiger partial charge in [-0.05, 0) is 40.2 Å². The lowest BCUT2D eigenvalue weighted by atomic mass is 9.89. The summed E-state index contributed by atoms with van der Waals surface area (Å²) in [5, 5.41) is 0. The third-order valence-electron chi connectivity index (χ3n) is 4.23. The van der Waals surface area contributed by atoms with Gasteiger partial charge < -0.3 is 4.90 Å². The van der Waals surface area contributed by atoms with Crippen LogP contribution in [0.4, 0.5) is 0 Å². The molecule has 1 nitrogen and oxygen atoms in total. The first-order valence-electron chi connectivity index (χ1n) is 4.96. The molecule has 0 spiro atoms. The molecule has 0 amide bonds. The van der Waals surface area contributed by atoms with Crippen molar-refractivity contribution in [1.29, 1.82) is 0 Å².